The number of carboxylic acids is 1. The molecule has 0 amide bonds. The maximum atomic E-state index is 11.5. The SMILES string of the molecule is CCC(C)NC(C)(C(=O)O)c1cc(O)cc(O)c1. The molecule has 0 saturated heterocycles. The van der Waals surface area contributed by atoms with Gasteiger partial charge in [-0.15, -0.1) is 0 Å². The van der Waals surface area contributed by atoms with Crippen molar-refractivity contribution in [1.82, 2.24) is 5.32 Å². The zero-order valence-electron chi connectivity index (χ0n) is 10.8. The van der Waals surface area contributed by atoms with Crippen molar-refractivity contribution in [3.8, 4) is 11.5 Å². The molecule has 5 heteroatoms. The van der Waals surface area contributed by atoms with E-state index >= 15 is 0 Å². The molecule has 1 aromatic carbocycles. The fourth-order valence-corrected chi connectivity index (χ4v) is 1.75. The standard InChI is InChI=1S/C13H19NO4/c1-4-8(2)14-13(3,12(17)18)9-5-10(15)7-11(16)6-9/h5-8,14-16H,4H2,1-3H3,(H,17,18). The lowest BCUT2D eigenvalue weighted by atomic mass is 9.90. The topological polar surface area (TPSA) is 89.8 Å². The third-order valence-corrected chi connectivity index (χ3v) is 3.06. The van der Waals surface area contributed by atoms with Gasteiger partial charge in [0.25, 0.3) is 0 Å². The van der Waals surface area contributed by atoms with Crippen molar-refractivity contribution in [3.05, 3.63) is 23.8 Å². The molecule has 2 unspecified atom stereocenters. The lowest BCUT2D eigenvalue weighted by molar-refractivity contribution is -0.145. The highest BCUT2D eigenvalue weighted by atomic mass is 16.4. The average molecular weight is 253 g/mol. The number of carboxylic acid groups (broad SMARTS) is 1. The van der Waals surface area contributed by atoms with Crippen molar-refractivity contribution in [2.75, 3.05) is 0 Å². The molecule has 2 atom stereocenters. The van der Waals surface area contributed by atoms with Crippen molar-refractivity contribution >= 4 is 5.97 Å². The Balaban J connectivity index is 3.22. The Morgan fingerprint density at radius 2 is 1.83 bits per heavy atom. The van der Waals surface area contributed by atoms with Gasteiger partial charge >= 0.3 is 5.97 Å². The van der Waals surface area contributed by atoms with E-state index in [-0.39, 0.29) is 17.5 Å². The summed E-state index contributed by atoms with van der Waals surface area (Å²) < 4.78 is 0. The summed E-state index contributed by atoms with van der Waals surface area (Å²) in [5, 5.41) is 31.3. The van der Waals surface area contributed by atoms with Gasteiger partial charge in [0.05, 0.1) is 0 Å². The van der Waals surface area contributed by atoms with Gasteiger partial charge in [0.15, 0.2) is 0 Å². The van der Waals surface area contributed by atoms with E-state index in [9.17, 15) is 20.1 Å². The summed E-state index contributed by atoms with van der Waals surface area (Å²) in [4.78, 5) is 11.5. The minimum atomic E-state index is -1.36. The van der Waals surface area contributed by atoms with E-state index in [1.807, 2.05) is 13.8 Å². The molecule has 1 aromatic rings. The Hall–Kier alpha value is -1.75. The van der Waals surface area contributed by atoms with Crippen LogP contribution >= 0.6 is 0 Å². The lowest BCUT2D eigenvalue weighted by Gasteiger charge is -2.30. The Kier molecular flexibility index (Phi) is 4.19. The summed E-state index contributed by atoms with van der Waals surface area (Å²) in [6, 6.07) is 3.83. The van der Waals surface area contributed by atoms with Crippen LogP contribution in [0.4, 0.5) is 0 Å². The molecule has 1 rings (SSSR count). The van der Waals surface area contributed by atoms with Crippen LogP contribution in [0.1, 0.15) is 32.8 Å². The van der Waals surface area contributed by atoms with Crippen LogP contribution in [0.2, 0.25) is 0 Å². The van der Waals surface area contributed by atoms with E-state index < -0.39 is 11.5 Å². The van der Waals surface area contributed by atoms with Crippen LogP contribution in [0.15, 0.2) is 18.2 Å². The smallest absolute Gasteiger partial charge is 0.328 e. The first-order valence-corrected chi connectivity index (χ1v) is 5.84. The van der Waals surface area contributed by atoms with Crippen molar-refractivity contribution in [1.29, 1.82) is 0 Å². The second-order valence-corrected chi connectivity index (χ2v) is 4.62. The molecule has 4 N–H and O–H groups in total. The molecule has 0 aliphatic carbocycles. The second kappa shape index (κ2) is 5.27. The van der Waals surface area contributed by atoms with Crippen LogP contribution in [0.5, 0.6) is 11.5 Å². The number of carbonyl (C=O) groups is 1. The Bertz CT molecular complexity index is 426. The Morgan fingerprint density at radius 1 is 1.33 bits per heavy atom. The van der Waals surface area contributed by atoms with Gasteiger partial charge in [0, 0.05) is 12.1 Å². The molecule has 0 aliphatic rings. The normalized spacial score (nSPS) is 15.9. The van der Waals surface area contributed by atoms with Gasteiger partial charge in [0.2, 0.25) is 0 Å². The maximum Gasteiger partial charge on any atom is 0.328 e. The van der Waals surface area contributed by atoms with Gasteiger partial charge in [0.1, 0.15) is 17.0 Å². The largest absolute Gasteiger partial charge is 0.508 e. The van der Waals surface area contributed by atoms with Crippen molar-refractivity contribution in [2.24, 2.45) is 0 Å². The predicted octanol–water partition coefficient (Wildman–Crippen LogP) is 1.79. The molecule has 5 nitrogen and oxygen atoms in total. The van der Waals surface area contributed by atoms with Gasteiger partial charge in [-0.05, 0) is 38.0 Å². The van der Waals surface area contributed by atoms with Crippen LogP contribution in [-0.2, 0) is 10.3 Å². The molecule has 0 heterocycles. The van der Waals surface area contributed by atoms with Crippen LogP contribution in [-0.4, -0.2) is 27.3 Å². The first-order valence-electron chi connectivity index (χ1n) is 5.84. The molecule has 18 heavy (non-hydrogen) atoms. The molecular weight excluding hydrogens is 234 g/mol. The van der Waals surface area contributed by atoms with Crippen LogP contribution in [0.3, 0.4) is 0 Å². The first-order chi connectivity index (χ1) is 8.29. The molecule has 0 bridgehead atoms. The zero-order valence-corrected chi connectivity index (χ0v) is 10.8. The van der Waals surface area contributed by atoms with Gasteiger partial charge in [-0.25, -0.2) is 4.79 Å². The van der Waals surface area contributed by atoms with E-state index in [0.29, 0.717) is 5.56 Å². The van der Waals surface area contributed by atoms with Crippen LogP contribution < -0.4 is 5.32 Å². The minimum Gasteiger partial charge on any atom is -0.508 e. The molecule has 0 saturated carbocycles. The highest BCUT2D eigenvalue weighted by Gasteiger charge is 2.36. The number of benzene rings is 1. The summed E-state index contributed by atoms with van der Waals surface area (Å²) in [6.07, 6.45) is 0.771. The number of phenolic OH excluding ortho intramolecular Hbond substituents is 2. The maximum absolute atomic E-state index is 11.5. The lowest BCUT2D eigenvalue weighted by Crippen LogP contribution is -2.50. The van der Waals surface area contributed by atoms with Gasteiger partial charge in [-0.2, -0.15) is 0 Å². The number of nitrogens with one attached hydrogen (secondary N) is 1. The first kappa shape index (κ1) is 14.3. The molecule has 0 spiro atoms. The number of phenols is 2. The van der Waals surface area contributed by atoms with Crippen molar-refractivity contribution < 1.29 is 20.1 Å². The van der Waals surface area contributed by atoms with E-state index in [1.54, 1.807) is 0 Å². The quantitative estimate of drug-likeness (QED) is 0.642. The van der Waals surface area contributed by atoms with Gasteiger partial charge < -0.3 is 15.3 Å². The van der Waals surface area contributed by atoms with Crippen LogP contribution in [0.25, 0.3) is 0 Å². The van der Waals surface area contributed by atoms with Crippen molar-refractivity contribution in [2.45, 2.75) is 38.8 Å². The minimum absolute atomic E-state index is 0.00408. The van der Waals surface area contributed by atoms with Crippen LogP contribution in [0, 0.1) is 0 Å². The highest BCUT2D eigenvalue weighted by molar-refractivity contribution is 5.80. The number of hydrogen-bond acceptors (Lipinski definition) is 4. The van der Waals surface area contributed by atoms with Crippen molar-refractivity contribution in [3.63, 3.8) is 0 Å². The summed E-state index contributed by atoms with van der Waals surface area (Å²) in [7, 11) is 0. The average Bonchev–Trinajstić information content (AvgIpc) is 2.27. The fraction of sp³-hybridized carbons (Fsp3) is 0.462. The van der Waals surface area contributed by atoms with E-state index in [0.717, 1.165) is 12.5 Å². The van der Waals surface area contributed by atoms with Gasteiger partial charge in [-0.3, -0.25) is 5.32 Å². The monoisotopic (exact) mass is 253 g/mol. The van der Waals surface area contributed by atoms with E-state index in [2.05, 4.69) is 5.32 Å². The zero-order chi connectivity index (χ0) is 13.9. The molecule has 100 valence electrons. The number of aliphatic carboxylic acids is 1. The summed E-state index contributed by atoms with van der Waals surface area (Å²) in [6.45, 7) is 5.33. The number of rotatable bonds is 5. The predicted molar refractivity (Wildman–Crippen MR) is 67.6 cm³/mol. The number of hydrogen-bond donors (Lipinski definition) is 4. The Morgan fingerprint density at radius 3 is 2.22 bits per heavy atom. The molecular formula is C13H19NO4. The third kappa shape index (κ3) is 2.92. The molecule has 0 fully saturated rings. The third-order valence-electron chi connectivity index (χ3n) is 3.06. The summed E-state index contributed by atoms with van der Waals surface area (Å²) in [5.74, 6) is -1.39. The fourth-order valence-electron chi connectivity index (χ4n) is 1.75. The Labute approximate surface area is 106 Å². The van der Waals surface area contributed by atoms with E-state index in [4.69, 9.17) is 0 Å². The second-order valence-electron chi connectivity index (χ2n) is 4.62. The summed E-state index contributed by atoms with van der Waals surface area (Å²) in [5.41, 5.74) is -1.04. The number of aromatic hydroxyl groups is 2. The molecule has 0 aromatic heterocycles. The molecule has 0 aliphatic heterocycles. The van der Waals surface area contributed by atoms with Gasteiger partial charge in [-0.1, -0.05) is 6.92 Å². The van der Waals surface area contributed by atoms with E-state index in [1.165, 1.54) is 19.1 Å². The molecule has 0 radical (unpaired) electrons. The summed E-state index contributed by atoms with van der Waals surface area (Å²) >= 11 is 0. The highest BCUT2D eigenvalue weighted by Crippen LogP contribution is 2.29.